The van der Waals surface area contributed by atoms with Gasteiger partial charge in [-0.1, -0.05) is 41.4 Å². The van der Waals surface area contributed by atoms with Crippen molar-refractivity contribution >= 4 is 34.2 Å². The van der Waals surface area contributed by atoms with E-state index in [2.05, 4.69) is 9.97 Å². The Morgan fingerprint density at radius 2 is 1.86 bits per heavy atom. The maximum absolute atomic E-state index is 10.5. The number of rotatable bonds is 3. The van der Waals surface area contributed by atoms with Gasteiger partial charge in [0.1, 0.15) is 0 Å². The summed E-state index contributed by atoms with van der Waals surface area (Å²) in [7, 11) is 0. The Morgan fingerprint density at radius 1 is 1.05 bits per heavy atom. The molecule has 0 aliphatic carbocycles. The van der Waals surface area contributed by atoms with E-state index >= 15 is 0 Å². The fourth-order valence-corrected chi connectivity index (χ4v) is 2.78. The molecule has 1 unspecified atom stereocenters. The third-order valence-electron chi connectivity index (χ3n) is 3.32. The topological polar surface area (TPSA) is 46.0 Å². The second kappa shape index (κ2) is 5.98. The lowest BCUT2D eigenvalue weighted by atomic mass is 10.00. The molecule has 0 saturated carbocycles. The highest BCUT2D eigenvalue weighted by molar-refractivity contribution is 6.35. The van der Waals surface area contributed by atoms with Gasteiger partial charge in [0.05, 0.1) is 17.1 Å². The minimum atomic E-state index is -0.705. The zero-order valence-corrected chi connectivity index (χ0v) is 12.5. The Balaban J connectivity index is 1.95. The first-order valence-electron chi connectivity index (χ1n) is 6.47. The Bertz CT molecular complexity index is 787. The van der Waals surface area contributed by atoms with E-state index in [9.17, 15) is 5.11 Å². The zero-order chi connectivity index (χ0) is 14.8. The molecule has 106 valence electrons. The normalized spacial score (nSPS) is 12.5. The number of benzene rings is 2. The highest BCUT2D eigenvalue weighted by Crippen LogP contribution is 2.28. The number of aliphatic hydroxyl groups is 1. The third kappa shape index (κ3) is 3.00. The Morgan fingerprint density at radius 3 is 2.67 bits per heavy atom. The number of aromatic nitrogens is 2. The molecule has 1 aromatic heterocycles. The van der Waals surface area contributed by atoms with E-state index in [0.29, 0.717) is 22.0 Å². The quantitative estimate of drug-likeness (QED) is 0.786. The Hall–Kier alpha value is -1.68. The number of aliphatic hydroxyl groups excluding tert-OH is 1. The van der Waals surface area contributed by atoms with Gasteiger partial charge in [0.2, 0.25) is 0 Å². The van der Waals surface area contributed by atoms with Crippen LogP contribution in [-0.4, -0.2) is 15.1 Å². The molecule has 1 N–H and O–H groups in total. The first kappa shape index (κ1) is 14.3. The van der Waals surface area contributed by atoms with Crippen LogP contribution >= 0.6 is 23.2 Å². The average Bonchev–Trinajstić information content (AvgIpc) is 2.49. The summed E-state index contributed by atoms with van der Waals surface area (Å²) in [6, 6.07) is 10.8. The standard InChI is InChI=1S/C16H12Cl2N2O/c17-11-5-4-10(13(18)9-11)8-15(21)12-2-1-3-14-16(12)20-7-6-19-14/h1-7,9,15,21H,8H2. The first-order chi connectivity index (χ1) is 10.1. The van der Waals surface area contributed by atoms with Crippen LogP contribution in [0.25, 0.3) is 11.0 Å². The first-order valence-corrected chi connectivity index (χ1v) is 7.22. The highest BCUT2D eigenvalue weighted by atomic mass is 35.5. The molecule has 0 aliphatic rings. The lowest BCUT2D eigenvalue weighted by Crippen LogP contribution is -2.04. The van der Waals surface area contributed by atoms with Crippen LogP contribution in [0, 0.1) is 0 Å². The van der Waals surface area contributed by atoms with Crippen molar-refractivity contribution in [3.63, 3.8) is 0 Å². The molecule has 0 bridgehead atoms. The molecule has 1 heterocycles. The van der Waals surface area contributed by atoms with Crippen LogP contribution in [-0.2, 0) is 6.42 Å². The second-order valence-electron chi connectivity index (χ2n) is 4.73. The van der Waals surface area contributed by atoms with E-state index in [4.69, 9.17) is 23.2 Å². The van der Waals surface area contributed by atoms with Crippen molar-refractivity contribution < 1.29 is 5.11 Å². The predicted octanol–water partition coefficient (Wildman–Crippen LogP) is 4.21. The van der Waals surface area contributed by atoms with Gasteiger partial charge in [0, 0.05) is 34.4 Å². The van der Waals surface area contributed by atoms with Crippen molar-refractivity contribution in [2.24, 2.45) is 0 Å². The zero-order valence-electron chi connectivity index (χ0n) is 11.0. The molecule has 2 aromatic carbocycles. The van der Waals surface area contributed by atoms with Gasteiger partial charge in [-0.05, 0) is 23.8 Å². The van der Waals surface area contributed by atoms with E-state index in [0.717, 1.165) is 16.6 Å². The SMILES string of the molecule is OC(Cc1ccc(Cl)cc1Cl)c1cccc2nccnc12. The van der Waals surface area contributed by atoms with Crippen LogP contribution in [0.4, 0.5) is 0 Å². The molecule has 0 spiro atoms. The van der Waals surface area contributed by atoms with E-state index < -0.39 is 6.10 Å². The van der Waals surface area contributed by atoms with Crippen LogP contribution in [0.15, 0.2) is 48.8 Å². The molecule has 0 aliphatic heterocycles. The lowest BCUT2D eigenvalue weighted by molar-refractivity contribution is 0.180. The van der Waals surface area contributed by atoms with Crippen molar-refractivity contribution in [1.82, 2.24) is 9.97 Å². The molecule has 0 fully saturated rings. The van der Waals surface area contributed by atoms with Gasteiger partial charge in [-0.2, -0.15) is 0 Å². The van der Waals surface area contributed by atoms with Crippen molar-refractivity contribution in [2.45, 2.75) is 12.5 Å². The van der Waals surface area contributed by atoms with Gasteiger partial charge in [-0.15, -0.1) is 0 Å². The third-order valence-corrected chi connectivity index (χ3v) is 3.90. The van der Waals surface area contributed by atoms with E-state index in [-0.39, 0.29) is 0 Å². The van der Waals surface area contributed by atoms with Crippen molar-refractivity contribution in [3.05, 3.63) is 70.0 Å². The number of fused-ring (bicyclic) bond motifs is 1. The summed E-state index contributed by atoms with van der Waals surface area (Å²) < 4.78 is 0. The number of halogens is 2. The highest BCUT2D eigenvalue weighted by Gasteiger charge is 2.15. The molecule has 3 rings (SSSR count). The van der Waals surface area contributed by atoms with Gasteiger partial charge < -0.3 is 5.11 Å². The molecular weight excluding hydrogens is 307 g/mol. The van der Waals surface area contributed by atoms with Crippen molar-refractivity contribution in [3.8, 4) is 0 Å². The summed E-state index contributed by atoms with van der Waals surface area (Å²) in [6.07, 6.45) is 2.94. The number of hydrogen-bond acceptors (Lipinski definition) is 3. The second-order valence-corrected chi connectivity index (χ2v) is 5.57. The Kier molecular flexibility index (Phi) is 4.06. The molecule has 5 heteroatoms. The largest absolute Gasteiger partial charge is 0.388 e. The van der Waals surface area contributed by atoms with Gasteiger partial charge in [-0.3, -0.25) is 9.97 Å². The maximum atomic E-state index is 10.5. The van der Waals surface area contributed by atoms with Crippen molar-refractivity contribution in [1.29, 1.82) is 0 Å². The minimum absolute atomic E-state index is 0.395. The fourth-order valence-electron chi connectivity index (χ4n) is 2.29. The predicted molar refractivity (Wildman–Crippen MR) is 84.7 cm³/mol. The number of nitrogens with zero attached hydrogens (tertiary/aromatic N) is 2. The fraction of sp³-hybridized carbons (Fsp3) is 0.125. The van der Waals surface area contributed by atoms with Gasteiger partial charge in [-0.25, -0.2) is 0 Å². The van der Waals surface area contributed by atoms with Gasteiger partial charge in [0.15, 0.2) is 0 Å². The average molecular weight is 319 g/mol. The lowest BCUT2D eigenvalue weighted by Gasteiger charge is -2.14. The smallest absolute Gasteiger partial charge is 0.0944 e. The van der Waals surface area contributed by atoms with Crippen LogP contribution in [0.3, 0.4) is 0 Å². The minimum Gasteiger partial charge on any atom is -0.388 e. The van der Waals surface area contributed by atoms with Crippen LogP contribution in [0.5, 0.6) is 0 Å². The molecule has 0 radical (unpaired) electrons. The van der Waals surface area contributed by atoms with Crippen molar-refractivity contribution in [2.75, 3.05) is 0 Å². The molecule has 0 saturated heterocycles. The molecular formula is C16H12Cl2N2O. The van der Waals surface area contributed by atoms with E-state index in [1.165, 1.54) is 0 Å². The van der Waals surface area contributed by atoms with Crippen LogP contribution in [0.1, 0.15) is 17.2 Å². The Labute approximate surface area is 132 Å². The molecule has 21 heavy (non-hydrogen) atoms. The van der Waals surface area contributed by atoms with Gasteiger partial charge >= 0.3 is 0 Å². The molecule has 1 atom stereocenters. The molecule has 0 amide bonds. The monoisotopic (exact) mass is 318 g/mol. The molecule has 3 nitrogen and oxygen atoms in total. The summed E-state index contributed by atoms with van der Waals surface area (Å²) in [5.41, 5.74) is 3.05. The summed E-state index contributed by atoms with van der Waals surface area (Å²) in [5.74, 6) is 0. The van der Waals surface area contributed by atoms with E-state index in [1.54, 1.807) is 24.5 Å². The van der Waals surface area contributed by atoms with E-state index in [1.807, 2.05) is 24.3 Å². The summed E-state index contributed by atoms with van der Waals surface area (Å²) >= 11 is 12.0. The summed E-state index contributed by atoms with van der Waals surface area (Å²) in [4.78, 5) is 8.55. The van der Waals surface area contributed by atoms with Gasteiger partial charge in [0.25, 0.3) is 0 Å². The maximum Gasteiger partial charge on any atom is 0.0944 e. The summed E-state index contributed by atoms with van der Waals surface area (Å²) in [5, 5.41) is 11.6. The number of para-hydroxylation sites is 1. The molecule has 3 aromatic rings. The van der Waals surface area contributed by atoms with Crippen LogP contribution in [0.2, 0.25) is 10.0 Å². The summed E-state index contributed by atoms with van der Waals surface area (Å²) in [6.45, 7) is 0. The number of hydrogen-bond donors (Lipinski definition) is 1. The van der Waals surface area contributed by atoms with Crippen LogP contribution < -0.4 is 0 Å².